The van der Waals surface area contributed by atoms with Gasteiger partial charge < -0.3 is 5.32 Å². The Kier molecular flexibility index (Phi) is 3.48. The molecule has 5 heteroatoms. The van der Waals surface area contributed by atoms with E-state index in [4.69, 9.17) is 23.2 Å². The number of hydrogen-bond donors (Lipinski definition) is 1. The van der Waals surface area contributed by atoms with Gasteiger partial charge in [-0.3, -0.25) is 4.68 Å². The lowest BCUT2D eigenvalue weighted by atomic mass is 10.1. The number of aryl methyl sites for hydroxylation is 2. The Morgan fingerprint density at radius 2 is 2.19 bits per heavy atom. The van der Waals surface area contributed by atoms with Crippen molar-refractivity contribution in [2.24, 2.45) is 12.5 Å². The van der Waals surface area contributed by atoms with Crippen molar-refractivity contribution in [2.45, 2.75) is 26.3 Å². The van der Waals surface area contributed by atoms with E-state index in [-0.39, 0.29) is 0 Å². The highest BCUT2D eigenvalue weighted by atomic mass is 35.5. The molecule has 1 heterocycles. The van der Waals surface area contributed by atoms with Gasteiger partial charge in [-0.15, -0.1) is 11.6 Å². The summed E-state index contributed by atoms with van der Waals surface area (Å²) in [6.45, 7) is 3.73. The van der Waals surface area contributed by atoms with Crippen molar-refractivity contribution in [1.82, 2.24) is 15.1 Å². The van der Waals surface area contributed by atoms with Gasteiger partial charge in [-0.25, -0.2) is 0 Å². The molecule has 1 aliphatic rings. The molecule has 1 aromatic heterocycles. The first-order valence-electron chi connectivity index (χ1n) is 5.53. The molecular weight excluding hydrogens is 245 g/mol. The van der Waals surface area contributed by atoms with Gasteiger partial charge in [0.15, 0.2) is 0 Å². The van der Waals surface area contributed by atoms with Crippen molar-refractivity contribution < 1.29 is 0 Å². The fraction of sp³-hybridized carbons (Fsp3) is 0.727. The number of alkyl halides is 1. The maximum absolute atomic E-state index is 6.15. The monoisotopic (exact) mass is 261 g/mol. The molecule has 1 N–H and O–H groups in total. The molecular formula is C11H17Cl2N3. The molecule has 0 atom stereocenters. The lowest BCUT2D eigenvalue weighted by molar-refractivity contribution is 0.504. The van der Waals surface area contributed by atoms with E-state index in [1.54, 1.807) is 4.68 Å². The van der Waals surface area contributed by atoms with Crippen LogP contribution in [0.25, 0.3) is 0 Å². The Morgan fingerprint density at radius 3 is 2.62 bits per heavy atom. The van der Waals surface area contributed by atoms with Crippen molar-refractivity contribution in [2.75, 3.05) is 12.4 Å². The zero-order valence-electron chi connectivity index (χ0n) is 9.69. The second kappa shape index (κ2) is 4.55. The van der Waals surface area contributed by atoms with Crippen LogP contribution in [-0.4, -0.2) is 22.2 Å². The SMILES string of the molecule is Cc1nn(C)c(Cl)c1CNCC1(CCl)CC1. The first-order chi connectivity index (χ1) is 7.58. The van der Waals surface area contributed by atoms with Crippen molar-refractivity contribution in [3.8, 4) is 0 Å². The Morgan fingerprint density at radius 1 is 1.50 bits per heavy atom. The van der Waals surface area contributed by atoms with Crippen LogP contribution < -0.4 is 5.32 Å². The third-order valence-electron chi connectivity index (χ3n) is 3.31. The molecule has 1 saturated carbocycles. The molecule has 0 spiro atoms. The molecule has 16 heavy (non-hydrogen) atoms. The smallest absolute Gasteiger partial charge is 0.131 e. The van der Waals surface area contributed by atoms with Crippen LogP contribution >= 0.6 is 23.2 Å². The number of halogens is 2. The summed E-state index contributed by atoms with van der Waals surface area (Å²) in [6.07, 6.45) is 2.48. The molecule has 0 aromatic carbocycles. The fourth-order valence-electron chi connectivity index (χ4n) is 1.86. The minimum Gasteiger partial charge on any atom is -0.312 e. The largest absolute Gasteiger partial charge is 0.312 e. The molecule has 1 aliphatic carbocycles. The van der Waals surface area contributed by atoms with Crippen molar-refractivity contribution in [3.63, 3.8) is 0 Å². The van der Waals surface area contributed by atoms with Crippen LogP contribution in [0.3, 0.4) is 0 Å². The first-order valence-corrected chi connectivity index (χ1v) is 6.44. The van der Waals surface area contributed by atoms with Crippen LogP contribution in [-0.2, 0) is 13.6 Å². The Balaban J connectivity index is 1.90. The quantitative estimate of drug-likeness (QED) is 0.826. The first kappa shape index (κ1) is 12.2. The number of aromatic nitrogens is 2. The molecule has 0 amide bonds. The zero-order valence-corrected chi connectivity index (χ0v) is 11.2. The highest BCUT2D eigenvalue weighted by Crippen LogP contribution is 2.45. The van der Waals surface area contributed by atoms with Crippen LogP contribution in [0.2, 0.25) is 5.15 Å². The molecule has 90 valence electrons. The number of hydrogen-bond acceptors (Lipinski definition) is 2. The minimum atomic E-state index is 0.351. The predicted molar refractivity (Wildman–Crippen MR) is 67.0 cm³/mol. The van der Waals surface area contributed by atoms with Crippen LogP contribution in [0.15, 0.2) is 0 Å². The summed E-state index contributed by atoms with van der Waals surface area (Å²) >= 11 is 12.1. The second-order valence-electron chi connectivity index (χ2n) is 4.72. The van der Waals surface area contributed by atoms with E-state index in [0.717, 1.165) is 35.4 Å². The molecule has 0 saturated heterocycles. The van der Waals surface area contributed by atoms with Crippen molar-refractivity contribution in [1.29, 1.82) is 0 Å². The van der Waals surface area contributed by atoms with Gasteiger partial charge >= 0.3 is 0 Å². The standard InChI is InChI=1S/C11H17Cl2N3/c1-8-9(10(13)16(2)15-8)5-14-7-11(6-12)3-4-11/h14H,3-7H2,1-2H3. The van der Waals surface area contributed by atoms with Gasteiger partial charge in [0, 0.05) is 31.6 Å². The van der Waals surface area contributed by atoms with E-state index >= 15 is 0 Å². The Bertz CT molecular complexity index is 383. The molecule has 0 unspecified atom stereocenters. The Labute approximate surface area is 106 Å². The number of nitrogens with one attached hydrogen (secondary N) is 1. The van der Waals surface area contributed by atoms with Gasteiger partial charge in [-0.2, -0.15) is 5.10 Å². The van der Waals surface area contributed by atoms with E-state index < -0.39 is 0 Å². The molecule has 0 bridgehead atoms. The van der Waals surface area contributed by atoms with Gasteiger partial charge in [-0.1, -0.05) is 11.6 Å². The van der Waals surface area contributed by atoms with Crippen LogP contribution in [0, 0.1) is 12.3 Å². The molecule has 3 nitrogen and oxygen atoms in total. The summed E-state index contributed by atoms with van der Waals surface area (Å²) in [5.41, 5.74) is 2.44. The maximum atomic E-state index is 6.15. The highest BCUT2D eigenvalue weighted by molar-refractivity contribution is 6.30. The normalized spacial score (nSPS) is 17.8. The van der Waals surface area contributed by atoms with Crippen LogP contribution in [0.5, 0.6) is 0 Å². The Hall–Kier alpha value is -0.250. The summed E-state index contributed by atoms with van der Waals surface area (Å²) in [6, 6.07) is 0. The molecule has 0 aliphatic heterocycles. The lowest BCUT2D eigenvalue weighted by Gasteiger charge is -2.12. The minimum absolute atomic E-state index is 0.351. The van der Waals surface area contributed by atoms with Gasteiger partial charge in [0.25, 0.3) is 0 Å². The van der Waals surface area contributed by atoms with E-state index in [1.165, 1.54) is 12.8 Å². The fourth-order valence-corrected chi connectivity index (χ4v) is 2.46. The summed E-state index contributed by atoms with van der Waals surface area (Å²) in [5.74, 6) is 0.750. The summed E-state index contributed by atoms with van der Waals surface area (Å²) in [4.78, 5) is 0. The average Bonchev–Trinajstić information content (AvgIpc) is 2.99. The van der Waals surface area contributed by atoms with Gasteiger partial charge in [-0.05, 0) is 25.2 Å². The summed E-state index contributed by atoms with van der Waals surface area (Å²) in [7, 11) is 1.86. The molecule has 1 fully saturated rings. The van der Waals surface area contributed by atoms with Crippen molar-refractivity contribution in [3.05, 3.63) is 16.4 Å². The van der Waals surface area contributed by atoms with Crippen LogP contribution in [0.4, 0.5) is 0 Å². The molecule has 2 rings (SSSR count). The lowest BCUT2D eigenvalue weighted by Crippen LogP contribution is -2.24. The highest BCUT2D eigenvalue weighted by Gasteiger charge is 2.41. The van der Waals surface area contributed by atoms with Crippen molar-refractivity contribution >= 4 is 23.2 Å². The van der Waals surface area contributed by atoms with E-state index in [9.17, 15) is 0 Å². The predicted octanol–water partition coefficient (Wildman–Crippen LogP) is 2.49. The third kappa shape index (κ3) is 2.36. The number of rotatable bonds is 5. The molecule has 0 radical (unpaired) electrons. The zero-order chi connectivity index (χ0) is 11.8. The van der Waals surface area contributed by atoms with E-state index in [2.05, 4.69) is 10.4 Å². The topological polar surface area (TPSA) is 29.9 Å². The average molecular weight is 262 g/mol. The second-order valence-corrected chi connectivity index (χ2v) is 5.34. The molecule has 1 aromatic rings. The van der Waals surface area contributed by atoms with Gasteiger partial charge in [0.1, 0.15) is 5.15 Å². The third-order valence-corrected chi connectivity index (χ3v) is 4.35. The summed E-state index contributed by atoms with van der Waals surface area (Å²) in [5, 5.41) is 8.43. The maximum Gasteiger partial charge on any atom is 0.131 e. The van der Waals surface area contributed by atoms with E-state index in [1.807, 2.05) is 14.0 Å². The number of nitrogens with zero attached hydrogens (tertiary/aromatic N) is 2. The van der Waals surface area contributed by atoms with Crippen LogP contribution in [0.1, 0.15) is 24.1 Å². The van der Waals surface area contributed by atoms with Gasteiger partial charge in [0.2, 0.25) is 0 Å². The van der Waals surface area contributed by atoms with E-state index in [0.29, 0.717) is 5.41 Å². The summed E-state index contributed by atoms with van der Waals surface area (Å²) < 4.78 is 1.71. The van der Waals surface area contributed by atoms with Gasteiger partial charge in [0.05, 0.1) is 5.69 Å².